The summed E-state index contributed by atoms with van der Waals surface area (Å²) in [5, 5.41) is 9.10. The van der Waals surface area contributed by atoms with E-state index in [1.165, 1.54) is 6.92 Å². The van der Waals surface area contributed by atoms with E-state index in [1.807, 2.05) is 6.08 Å². The van der Waals surface area contributed by atoms with Gasteiger partial charge in [-0.3, -0.25) is 4.79 Å². The molecule has 0 spiro atoms. The van der Waals surface area contributed by atoms with E-state index in [-0.39, 0.29) is 25.0 Å². The van der Waals surface area contributed by atoms with Crippen molar-refractivity contribution < 1.29 is 24.2 Å². The van der Waals surface area contributed by atoms with Gasteiger partial charge < -0.3 is 14.6 Å². The van der Waals surface area contributed by atoms with E-state index in [4.69, 9.17) is 14.6 Å². The molecule has 2 rings (SSSR count). The van der Waals surface area contributed by atoms with Crippen LogP contribution in [0.1, 0.15) is 13.3 Å². The van der Waals surface area contributed by atoms with Gasteiger partial charge in [0.05, 0.1) is 5.92 Å². The average molecular weight is 226 g/mol. The lowest BCUT2D eigenvalue weighted by atomic mass is 9.77. The molecule has 1 aliphatic carbocycles. The number of carbonyl (C=O) groups is 2. The highest BCUT2D eigenvalue weighted by atomic mass is 16.6. The number of hydrogen-bond acceptors (Lipinski definition) is 5. The highest BCUT2D eigenvalue weighted by Crippen LogP contribution is 2.41. The van der Waals surface area contributed by atoms with Crippen molar-refractivity contribution in [3.05, 3.63) is 12.2 Å². The smallest absolute Gasteiger partial charge is 0.351 e. The number of aliphatic hydroxyl groups is 1. The molecular formula is C11H14O5. The topological polar surface area (TPSA) is 72.8 Å². The molecule has 1 N–H and O–H groups in total. The van der Waals surface area contributed by atoms with Gasteiger partial charge in [0.2, 0.25) is 5.60 Å². The second kappa shape index (κ2) is 3.90. The lowest BCUT2D eigenvalue weighted by molar-refractivity contribution is -0.175. The third kappa shape index (κ3) is 1.61. The average Bonchev–Trinajstić information content (AvgIpc) is 2.55. The third-order valence-corrected chi connectivity index (χ3v) is 3.08. The minimum Gasteiger partial charge on any atom is -0.462 e. The summed E-state index contributed by atoms with van der Waals surface area (Å²) >= 11 is 0. The maximum Gasteiger partial charge on any atom is 0.351 e. The van der Waals surface area contributed by atoms with Crippen molar-refractivity contribution in [3.63, 3.8) is 0 Å². The van der Waals surface area contributed by atoms with Crippen LogP contribution in [0.4, 0.5) is 0 Å². The van der Waals surface area contributed by atoms with E-state index in [1.54, 1.807) is 6.08 Å². The number of cyclic esters (lactones) is 1. The summed E-state index contributed by atoms with van der Waals surface area (Å²) in [7, 11) is 0. The normalized spacial score (nSPS) is 36.8. The van der Waals surface area contributed by atoms with Gasteiger partial charge >= 0.3 is 11.9 Å². The SMILES string of the molecule is CC(=O)O[C@@]12C[C@H](CO)C=C[C@@H]1COC2=O. The zero-order valence-electron chi connectivity index (χ0n) is 9.01. The van der Waals surface area contributed by atoms with E-state index in [2.05, 4.69) is 0 Å². The molecule has 1 fully saturated rings. The number of carbonyl (C=O) groups excluding carboxylic acids is 2. The zero-order chi connectivity index (χ0) is 11.8. The molecule has 0 radical (unpaired) electrons. The Balaban J connectivity index is 2.30. The Morgan fingerprint density at radius 3 is 3.06 bits per heavy atom. The van der Waals surface area contributed by atoms with Crippen LogP contribution >= 0.6 is 0 Å². The summed E-state index contributed by atoms with van der Waals surface area (Å²) < 4.78 is 10.1. The monoisotopic (exact) mass is 226 g/mol. The molecule has 0 unspecified atom stereocenters. The summed E-state index contributed by atoms with van der Waals surface area (Å²) in [6.07, 6.45) is 3.93. The van der Waals surface area contributed by atoms with Crippen LogP contribution in [0.2, 0.25) is 0 Å². The Morgan fingerprint density at radius 1 is 1.69 bits per heavy atom. The molecule has 0 saturated carbocycles. The number of fused-ring (bicyclic) bond motifs is 1. The van der Waals surface area contributed by atoms with E-state index >= 15 is 0 Å². The summed E-state index contributed by atoms with van der Waals surface area (Å²) in [5.41, 5.74) is -1.21. The molecule has 1 aliphatic heterocycles. The molecule has 3 atom stereocenters. The highest BCUT2D eigenvalue weighted by Gasteiger charge is 2.56. The molecule has 16 heavy (non-hydrogen) atoms. The zero-order valence-corrected chi connectivity index (χ0v) is 9.01. The fraction of sp³-hybridized carbons (Fsp3) is 0.636. The van der Waals surface area contributed by atoms with Crippen LogP contribution in [0.25, 0.3) is 0 Å². The van der Waals surface area contributed by atoms with Gasteiger partial charge in [-0.2, -0.15) is 0 Å². The van der Waals surface area contributed by atoms with E-state index in [9.17, 15) is 9.59 Å². The van der Waals surface area contributed by atoms with Crippen LogP contribution in [-0.4, -0.2) is 35.9 Å². The first kappa shape index (κ1) is 11.1. The highest BCUT2D eigenvalue weighted by molar-refractivity contribution is 5.85. The van der Waals surface area contributed by atoms with Gasteiger partial charge in [0.25, 0.3) is 0 Å². The van der Waals surface area contributed by atoms with Crippen molar-refractivity contribution in [2.24, 2.45) is 11.8 Å². The fourth-order valence-corrected chi connectivity index (χ4v) is 2.31. The van der Waals surface area contributed by atoms with Crippen molar-refractivity contribution in [2.75, 3.05) is 13.2 Å². The summed E-state index contributed by atoms with van der Waals surface area (Å²) in [6, 6.07) is 0. The fourth-order valence-electron chi connectivity index (χ4n) is 2.31. The first-order valence-corrected chi connectivity index (χ1v) is 5.24. The van der Waals surface area contributed by atoms with Crippen LogP contribution < -0.4 is 0 Å². The molecule has 5 heteroatoms. The van der Waals surface area contributed by atoms with Crippen LogP contribution in [-0.2, 0) is 19.1 Å². The number of aliphatic hydroxyl groups excluding tert-OH is 1. The van der Waals surface area contributed by atoms with Crippen molar-refractivity contribution >= 4 is 11.9 Å². The van der Waals surface area contributed by atoms with Crippen molar-refractivity contribution in [1.29, 1.82) is 0 Å². The lowest BCUT2D eigenvalue weighted by Gasteiger charge is -2.34. The minimum atomic E-state index is -1.21. The molecule has 1 saturated heterocycles. The van der Waals surface area contributed by atoms with Crippen LogP contribution in [0.5, 0.6) is 0 Å². The van der Waals surface area contributed by atoms with E-state index in [0.717, 1.165) is 0 Å². The van der Waals surface area contributed by atoms with Gasteiger partial charge in [0, 0.05) is 25.9 Å². The Labute approximate surface area is 93.0 Å². The van der Waals surface area contributed by atoms with E-state index in [0.29, 0.717) is 6.42 Å². The van der Waals surface area contributed by atoms with Crippen molar-refractivity contribution in [3.8, 4) is 0 Å². The predicted octanol–water partition coefficient (Wildman–Crippen LogP) is 0.0297. The molecule has 0 bridgehead atoms. The van der Waals surface area contributed by atoms with Crippen molar-refractivity contribution in [2.45, 2.75) is 18.9 Å². The number of esters is 2. The second-order valence-corrected chi connectivity index (χ2v) is 4.22. The number of rotatable bonds is 2. The molecule has 0 aromatic rings. The summed E-state index contributed by atoms with van der Waals surface area (Å²) in [4.78, 5) is 22.8. The molecular weight excluding hydrogens is 212 g/mol. The molecule has 5 nitrogen and oxygen atoms in total. The third-order valence-electron chi connectivity index (χ3n) is 3.08. The largest absolute Gasteiger partial charge is 0.462 e. The van der Waals surface area contributed by atoms with Crippen molar-refractivity contribution in [1.82, 2.24) is 0 Å². The second-order valence-electron chi connectivity index (χ2n) is 4.22. The maximum atomic E-state index is 11.7. The number of ether oxygens (including phenoxy) is 2. The molecule has 88 valence electrons. The summed E-state index contributed by atoms with van der Waals surface area (Å²) in [6.45, 7) is 1.43. The maximum absolute atomic E-state index is 11.7. The molecule has 1 heterocycles. The molecule has 0 aromatic carbocycles. The molecule has 0 amide bonds. The van der Waals surface area contributed by atoms with Gasteiger partial charge in [-0.15, -0.1) is 0 Å². The van der Waals surface area contributed by atoms with Gasteiger partial charge in [-0.25, -0.2) is 4.79 Å². The van der Waals surface area contributed by atoms with Gasteiger partial charge in [-0.05, 0) is 0 Å². The van der Waals surface area contributed by atoms with Crippen LogP contribution in [0, 0.1) is 11.8 Å². The summed E-state index contributed by atoms with van der Waals surface area (Å²) in [5.74, 6) is -1.40. The predicted molar refractivity (Wildman–Crippen MR) is 53.3 cm³/mol. The molecule has 2 aliphatic rings. The first-order valence-electron chi connectivity index (χ1n) is 5.24. The van der Waals surface area contributed by atoms with Gasteiger partial charge in [0.15, 0.2) is 0 Å². The Morgan fingerprint density at radius 2 is 2.44 bits per heavy atom. The number of hydrogen-bond donors (Lipinski definition) is 1. The Hall–Kier alpha value is -1.36. The van der Waals surface area contributed by atoms with Crippen LogP contribution in [0.15, 0.2) is 12.2 Å². The van der Waals surface area contributed by atoms with Gasteiger partial charge in [0.1, 0.15) is 6.61 Å². The Kier molecular flexibility index (Phi) is 2.71. The van der Waals surface area contributed by atoms with E-state index < -0.39 is 17.5 Å². The standard InChI is InChI=1S/C11H14O5/c1-7(13)16-11-4-8(5-12)2-3-9(11)6-15-10(11)14/h2-3,8-9,12H,4-6H2,1H3/t8-,9-,11+/m1/s1. The minimum absolute atomic E-state index is 0.0699. The first-order chi connectivity index (χ1) is 7.58. The molecule has 0 aromatic heterocycles. The Bertz CT molecular complexity index is 348. The van der Waals surface area contributed by atoms with Crippen LogP contribution in [0.3, 0.4) is 0 Å². The lowest BCUT2D eigenvalue weighted by Crippen LogP contribution is -2.48. The van der Waals surface area contributed by atoms with Gasteiger partial charge in [-0.1, -0.05) is 12.2 Å². The quantitative estimate of drug-likeness (QED) is 0.531.